The molecule has 4 rings (SSSR count). The Morgan fingerprint density at radius 1 is 1.12 bits per heavy atom. The van der Waals surface area contributed by atoms with Crippen LogP contribution in [0.2, 0.25) is 5.02 Å². The molecule has 170 valence electrons. The minimum atomic E-state index is -1.17. The first-order valence-corrected chi connectivity index (χ1v) is 11.9. The van der Waals surface area contributed by atoms with Gasteiger partial charge in [0.25, 0.3) is 11.8 Å². The second-order valence-electron chi connectivity index (χ2n) is 7.81. The van der Waals surface area contributed by atoms with Crippen molar-refractivity contribution in [1.29, 1.82) is 0 Å². The van der Waals surface area contributed by atoms with Crippen molar-refractivity contribution in [2.24, 2.45) is 0 Å². The van der Waals surface area contributed by atoms with Crippen LogP contribution < -0.4 is 5.32 Å². The summed E-state index contributed by atoms with van der Waals surface area (Å²) in [5.74, 6) is -1.29. The molecule has 2 amide bonds. The van der Waals surface area contributed by atoms with Crippen LogP contribution in [0, 0.1) is 6.92 Å². The number of benzene rings is 2. The number of ether oxygens (including phenoxy) is 1. The lowest BCUT2D eigenvalue weighted by Crippen LogP contribution is -2.42. The van der Waals surface area contributed by atoms with Gasteiger partial charge in [0.15, 0.2) is 0 Å². The van der Waals surface area contributed by atoms with E-state index in [-0.39, 0.29) is 5.91 Å². The normalized spacial score (nSPS) is 16.3. The summed E-state index contributed by atoms with van der Waals surface area (Å²) in [6, 6.07) is 16.8. The Kier molecular flexibility index (Phi) is 7.11. The highest BCUT2D eigenvalue weighted by Gasteiger charge is 2.38. The Bertz CT molecular complexity index is 1150. The summed E-state index contributed by atoms with van der Waals surface area (Å²) in [5.41, 5.74) is 1.93. The monoisotopic (exact) mass is 482 g/mol. The molecule has 1 saturated heterocycles. The molecule has 8 heteroatoms. The lowest BCUT2D eigenvalue weighted by molar-refractivity contribution is -0.158. The number of nitrogens with zero attached hydrogens (tertiary/aromatic N) is 1. The molecule has 0 aliphatic carbocycles. The van der Waals surface area contributed by atoms with Crippen LogP contribution in [0.15, 0.2) is 66.0 Å². The van der Waals surface area contributed by atoms with Crippen molar-refractivity contribution in [3.8, 4) is 0 Å². The maximum atomic E-state index is 13.2. The Morgan fingerprint density at radius 2 is 1.91 bits per heavy atom. The van der Waals surface area contributed by atoms with Crippen LogP contribution in [0.25, 0.3) is 0 Å². The smallest absolute Gasteiger partial charge is 0.329 e. The Hall–Kier alpha value is -3.16. The third kappa shape index (κ3) is 5.26. The standard InChI is InChI=1S/C25H23ClN2O4S/c1-16-11-12-18(15-19(16)26)27-23(29)22(17-7-3-2-4-8-17)32-25(31)20-9-5-13-28(20)24(30)21-10-6-14-33-21/h2-4,6-8,10-12,14-15,20,22H,5,9,13H2,1H3,(H,27,29). The summed E-state index contributed by atoms with van der Waals surface area (Å²) < 4.78 is 5.73. The molecule has 3 aromatic rings. The summed E-state index contributed by atoms with van der Waals surface area (Å²) in [5, 5.41) is 5.13. The maximum Gasteiger partial charge on any atom is 0.329 e. The van der Waals surface area contributed by atoms with Crippen molar-refractivity contribution < 1.29 is 19.1 Å². The van der Waals surface area contributed by atoms with Crippen molar-refractivity contribution in [2.45, 2.75) is 31.9 Å². The number of carbonyl (C=O) groups is 3. The summed E-state index contributed by atoms with van der Waals surface area (Å²) in [4.78, 5) is 41.3. The average molecular weight is 483 g/mol. The fourth-order valence-electron chi connectivity index (χ4n) is 3.77. The molecular weight excluding hydrogens is 460 g/mol. The van der Waals surface area contributed by atoms with Gasteiger partial charge < -0.3 is 15.0 Å². The van der Waals surface area contributed by atoms with Crippen LogP contribution in [0.1, 0.15) is 39.7 Å². The van der Waals surface area contributed by atoms with Gasteiger partial charge in [-0.15, -0.1) is 11.3 Å². The quantitative estimate of drug-likeness (QED) is 0.487. The molecule has 0 radical (unpaired) electrons. The first-order chi connectivity index (χ1) is 15.9. The second-order valence-corrected chi connectivity index (χ2v) is 9.17. The van der Waals surface area contributed by atoms with Crippen molar-refractivity contribution in [3.63, 3.8) is 0 Å². The predicted molar refractivity (Wildman–Crippen MR) is 128 cm³/mol. The second kappa shape index (κ2) is 10.2. The molecule has 6 nitrogen and oxygen atoms in total. The van der Waals surface area contributed by atoms with E-state index in [0.29, 0.717) is 40.5 Å². The third-order valence-corrected chi connectivity index (χ3v) is 6.80. The number of esters is 1. The van der Waals surface area contributed by atoms with Gasteiger partial charge in [-0.2, -0.15) is 0 Å². The topological polar surface area (TPSA) is 75.7 Å². The third-order valence-electron chi connectivity index (χ3n) is 5.53. The lowest BCUT2D eigenvalue weighted by atomic mass is 10.1. The van der Waals surface area contributed by atoms with Crippen LogP contribution in [0.4, 0.5) is 5.69 Å². The van der Waals surface area contributed by atoms with Crippen LogP contribution in [-0.2, 0) is 14.3 Å². The Balaban J connectivity index is 1.53. The Morgan fingerprint density at radius 3 is 2.61 bits per heavy atom. The number of anilines is 1. The predicted octanol–water partition coefficient (Wildman–Crippen LogP) is 5.24. The van der Waals surface area contributed by atoms with Crippen LogP contribution in [0.3, 0.4) is 0 Å². The van der Waals surface area contributed by atoms with Crippen molar-refractivity contribution >= 4 is 46.4 Å². The van der Waals surface area contributed by atoms with Gasteiger partial charge in [-0.05, 0) is 48.9 Å². The fraction of sp³-hybridized carbons (Fsp3) is 0.240. The molecule has 2 heterocycles. The number of likely N-dealkylation sites (tertiary alicyclic amines) is 1. The zero-order valence-electron chi connectivity index (χ0n) is 18.0. The van der Waals surface area contributed by atoms with Gasteiger partial charge in [0.05, 0.1) is 4.88 Å². The number of rotatable bonds is 6. The van der Waals surface area contributed by atoms with E-state index in [1.165, 1.54) is 16.2 Å². The molecule has 1 aliphatic rings. The summed E-state index contributed by atoms with van der Waals surface area (Å²) >= 11 is 7.51. The molecule has 2 atom stereocenters. The summed E-state index contributed by atoms with van der Waals surface area (Å²) in [6.45, 7) is 2.34. The van der Waals surface area contributed by atoms with E-state index in [2.05, 4.69) is 5.32 Å². The number of thiophene rings is 1. The summed E-state index contributed by atoms with van der Waals surface area (Å²) in [7, 11) is 0. The molecule has 33 heavy (non-hydrogen) atoms. The number of nitrogens with one attached hydrogen (secondary N) is 1. The molecule has 0 bridgehead atoms. The lowest BCUT2D eigenvalue weighted by Gasteiger charge is -2.25. The van der Waals surface area contributed by atoms with E-state index in [1.54, 1.807) is 54.6 Å². The highest BCUT2D eigenvalue weighted by Crippen LogP contribution is 2.27. The van der Waals surface area contributed by atoms with Gasteiger partial charge in [-0.25, -0.2) is 4.79 Å². The number of aryl methyl sites for hydroxylation is 1. The highest BCUT2D eigenvalue weighted by molar-refractivity contribution is 7.12. The number of amides is 2. The van der Waals surface area contributed by atoms with E-state index in [9.17, 15) is 14.4 Å². The minimum Gasteiger partial charge on any atom is -0.446 e. The molecule has 0 spiro atoms. The van der Waals surface area contributed by atoms with Gasteiger partial charge in [0, 0.05) is 22.8 Å². The molecule has 1 N–H and O–H groups in total. The largest absolute Gasteiger partial charge is 0.446 e. The van der Waals surface area contributed by atoms with E-state index >= 15 is 0 Å². The number of hydrogen-bond acceptors (Lipinski definition) is 5. The number of halogens is 1. The number of hydrogen-bond donors (Lipinski definition) is 1. The molecular formula is C25H23ClN2O4S. The van der Waals surface area contributed by atoms with Gasteiger partial charge in [0.2, 0.25) is 6.10 Å². The molecule has 2 unspecified atom stereocenters. The molecule has 1 aliphatic heterocycles. The summed E-state index contributed by atoms with van der Waals surface area (Å²) in [6.07, 6.45) is 0.0196. The molecule has 1 fully saturated rings. The molecule has 1 aromatic heterocycles. The van der Waals surface area contributed by atoms with E-state index in [4.69, 9.17) is 16.3 Å². The fourth-order valence-corrected chi connectivity index (χ4v) is 4.63. The number of carbonyl (C=O) groups excluding carboxylic acids is 3. The Labute approximate surface area is 201 Å². The SMILES string of the molecule is Cc1ccc(NC(=O)C(OC(=O)C2CCCN2C(=O)c2cccs2)c2ccccc2)cc1Cl. The molecule has 0 saturated carbocycles. The van der Waals surface area contributed by atoms with Gasteiger partial charge in [-0.3, -0.25) is 9.59 Å². The van der Waals surface area contributed by atoms with E-state index < -0.39 is 24.0 Å². The first kappa shape index (κ1) is 23.0. The van der Waals surface area contributed by atoms with Gasteiger partial charge in [-0.1, -0.05) is 54.1 Å². The van der Waals surface area contributed by atoms with Crippen molar-refractivity contribution in [1.82, 2.24) is 4.90 Å². The zero-order chi connectivity index (χ0) is 23.4. The van der Waals surface area contributed by atoms with E-state index in [0.717, 1.165) is 5.56 Å². The first-order valence-electron chi connectivity index (χ1n) is 10.6. The van der Waals surface area contributed by atoms with Gasteiger partial charge >= 0.3 is 5.97 Å². The zero-order valence-corrected chi connectivity index (χ0v) is 19.6. The average Bonchev–Trinajstić information content (AvgIpc) is 3.52. The van der Waals surface area contributed by atoms with Crippen LogP contribution in [-0.4, -0.2) is 35.3 Å². The van der Waals surface area contributed by atoms with Crippen LogP contribution in [0.5, 0.6) is 0 Å². The minimum absolute atomic E-state index is 0.195. The van der Waals surface area contributed by atoms with Crippen LogP contribution >= 0.6 is 22.9 Å². The van der Waals surface area contributed by atoms with Crippen molar-refractivity contribution in [2.75, 3.05) is 11.9 Å². The van der Waals surface area contributed by atoms with Crippen molar-refractivity contribution in [3.05, 3.63) is 87.1 Å². The molecule has 2 aromatic carbocycles. The van der Waals surface area contributed by atoms with Gasteiger partial charge in [0.1, 0.15) is 6.04 Å². The maximum absolute atomic E-state index is 13.2. The van der Waals surface area contributed by atoms with E-state index in [1.807, 2.05) is 18.4 Å². The highest BCUT2D eigenvalue weighted by atomic mass is 35.5.